The molecule has 0 saturated heterocycles. The minimum atomic E-state index is -0.117. The lowest BCUT2D eigenvalue weighted by Crippen LogP contribution is -2.09. The number of aryl methyl sites for hydroxylation is 2. The Hall–Kier alpha value is -4.72. The number of nitrogens with one attached hydrogen (secondary N) is 2. The minimum Gasteiger partial charge on any atom is -0.307 e. The predicted molar refractivity (Wildman–Crippen MR) is 132 cm³/mol. The highest BCUT2D eigenvalue weighted by molar-refractivity contribution is 5.63. The standard InChI is InChI=1S/2C13H11N3O/c2*1-9-2-4-10(5-3-9)11-8-13(17)15-12-6-7-14-16(11)12/h2*2-8H,1H3,(H,15,17). The second-order valence-corrected chi connectivity index (χ2v) is 8.03. The zero-order chi connectivity index (χ0) is 23.7. The van der Waals surface area contributed by atoms with Gasteiger partial charge in [0.05, 0.1) is 23.8 Å². The molecule has 6 rings (SSSR count). The molecule has 8 heteroatoms. The van der Waals surface area contributed by atoms with E-state index >= 15 is 0 Å². The van der Waals surface area contributed by atoms with E-state index in [1.165, 1.54) is 11.1 Å². The van der Waals surface area contributed by atoms with Crippen LogP contribution in [0.25, 0.3) is 33.8 Å². The highest BCUT2D eigenvalue weighted by Crippen LogP contribution is 2.19. The Morgan fingerprint density at radius 1 is 0.588 bits per heavy atom. The highest BCUT2D eigenvalue weighted by atomic mass is 16.1. The van der Waals surface area contributed by atoms with Gasteiger partial charge in [0.1, 0.15) is 11.3 Å². The third-order valence-electron chi connectivity index (χ3n) is 5.47. The number of aromatic amines is 2. The van der Waals surface area contributed by atoms with E-state index in [0.717, 1.165) is 22.5 Å². The van der Waals surface area contributed by atoms with E-state index in [1.54, 1.807) is 45.7 Å². The van der Waals surface area contributed by atoms with Gasteiger partial charge in [-0.2, -0.15) is 10.2 Å². The molecule has 8 nitrogen and oxygen atoms in total. The van der Waals surface area contributed by atoms with Gasteiger partial charge >= 0.3 is 0 Å². The fourth-order valence-corrected chi connectivity index (χ4v) is 3.74. The average molecular weight is 451 g/mol. The van der Waals surface area contributed by atoms with Crippen LogP contribution in [0.4, 0.5) is 0 Å². The molecule has 2 N–H and O–H groups in total. The first-order valence-corrected chi connectivity index (χ1v) is 10.8. The number of H-pyrrole nitrogens is 2. The van der Waals surface area contributed by atoms with Crippen LogP contribution in [-0.2, 0) is 0 Å². The van der Waals surface area contributed by atoms with Crippen molar-refractivity contribution in [3.63, 3.8) is 0 Å². The number of hydrogen-bond donors (Lipinski definition) is 2. The number of rotatable bonds is 2. The summed E-state index contributed by atoms with van der Waals surface area (Å²) in [5.41, 5.74) is 7.11. The van der Waals surface area contributed by atoms with E-state index in [2.05, 4.69) is 20.2 Å². The Labute approximate surface area is 194 Å². The Balaban J connectivity index is 0.000000142. The van der Waals surface area contributed by atoms with Crippen LogP contribution in [0.3, 0.4) is 0 Å². The van der Waals surface area contributed by atoms with Crippen molar-refractivity contribution in [3.05, 3.63) is 117 Å². The summed E-state index contributed by atoms with van der Waals surface area (Å²) < 4.78 is 3.46. The van der Waals surface area contributed by atoms with Gasteiger partial charge in [0.2, 0.25) is 0 Å². The summed E-state index contributed by atoms with van der Waals surface area (Å²) in [6.07, 6.45) is 3.34. The van der Waals surface area contributed by atoms with Gasteiger partial charge in [0.25, 0.3) is 11.1 Å². The lowest BCUT2D eigenvalue weighted by molar-refractivity contribution is 0.939. The average Bonchev–Trinajstić information content (AvgIpc) is 3.49. The van der Waals surface area contributed by atoms with Crippen LogP contribution < -0.4 is 11.1 Å². The maximum atomic E-state index is 11.5. The summed E-state index contributed by atoms with van der Waals surface area (Å²) in [6, 6.07) is 22.7. The van der Waals surface area contributed by atoms with Crippen LogP contribution >= 0.6 is 0 Å². The molecular formula is C26H22N6O2. The second kappa shape index (κ2) is 8.67. The molecule has 168 valence electrons. The number of fused-ring (bicyclic) bond motifs is 2. The fourth-order valence-electron chi connectivity index (χ4n) is 3.74. The Morgan fingerprint density at radius 2 is 0.971 bits per heavy atom. The van der Waals surface area contributed by atoms with Gasteiger partial charge in [-0.25, -0.2) is 9.03 Å². The Morgan fingerprint density at radius 3 is 1.35 bits per heavy atom. The summed E-state index contributed by atoms with van der Waals surface area (Å²) in [4.78, 5) is 28.6. The molecule has 0 radical (unpaired) electrons. The van der Waals surface area contributed by atoms with E-state index in [1.807, 2.05) is 62.4 Å². The molecule has 0 fully saturated rings. The lowest BCUT2D eigenvalue weighted by atomic mass is 10.1. The Bertz CT molecular complexity index is 1570. The molecule has 2 aromatic carbocycles. The number of benzene rings is 2. The van der Waals surface area contributed by atoms with Crippen molar-refractivity contribution < 1.29 is 0 Å². The van der Waals surface area contributed by atoms with Crippen molar-refractivity contribution in [1.29, 1.82) is 0 Å². The van der Waals surface area contributed by atoms with Crippen LogP contribution in [0.5, 0.6) is 0 Å². The van der Waals surface area contributed by atoms with Crippen molar-refractivity contribution in [3.8, 4) is 22.5 Å². The van der Waals surface area contributed by atoms with Gasteiger partial charge in [-0.15, -0.1) is 0 Å². The second-order valence-electron chi connectivity index (χ2n) is 8.03. The molecule has 0 amide bonds. The first kappa shape index (κ1) is 21.1. The Kier molecular flexibility index (Phi) is 5.39. The quantitative estimate of drug-likeness (QED) is 0.416. The maximum Gasteiger partial charge on any atom is 0.251 e. The molecular weight excluding hydrogens is 428 g/mol. The summed E-state index contributed by atoms with van der Waals surface area (Å²) in [5.74, 6) is 0. The van der Waals surface area contributed by atoms with Gasteiger partial charge < -0.3 is 9.97 Å². The molecule has 0 aliphatic heterocycles. The van der Waals surface area contributed by atoms with Crippen LogP contribution in [-0.4, -0.2) is 29.2 Å². The zero-order valence-corrected chi connectivity index (χ0v) is 18.7. The number of nitrogens with zero attached hydrogens (tertiary/aromatic N) is 4. The fraction of sp³-hybridized carbons (Fsp3) is 0.0769. The molecule has 0 spiro atoms. The van der Waals surface area contributed by atoms with Gasteiger partial charge in [-0.1, -0.05) is 59.7 Å². The number of aromatic nitrogens is 6. The van der Waals surface area contributed by atoms with E-state index in [4.69, 9.17) is 0 Å². The molecule has 0 unspecified atom stereocenters. The minimum absolute atomic E-state index is 0.117. The summed E-state index contributed by atoms with van der Waals surface area (Å²) >= 11 is 0. The summed E-state index contributed by atoms with van der Waals surface area (Å²) in [5, 5.41) is 8.41. The van der Waals surface area contributed by atoms with E-state index in [-0.39, 0.29) is 11.1 Å². The van der Waals surface area contributed by atoms with E-state index < -0.39 is 0 Å². The third kappa shape index (κ3) is 4.16. The monoisotopic (exact) mass is 450 g/mol. The predicted octanol–water partition coefficient (Wildman–Crippen LogP) is 4.00. The van der Waals surface area contributed by atoms with Crippen molar-refractivity contribution >= 4 is 11.3 Å². The van der Waals surface area contributed by atoms with Crippen LogP contribution in [0.2, 0.25) is 0 Å². The smallest absolute Gasteiger partial charge is 0.251 e. The first-order valence-electron chi connectivity index (χ1n) is 10.8. The van der Waals surface area contributed by atoms with Gasteiger partial charge in [0, 0.05) is 35.4 Å². The van der Waals surface area contributed by atoms with Crippen LogP contribution in [0, 0.1) is 13.8 Å². The van der Waals surface area contributed by atoms with Gasteiger partial charge in [-0.3, -0.25) is 9.59 Å². The molecule has 4 heterocycles. The third-order valence-corrected chi connectivity index (χ3v) is 5.47. The summed E-state index contributed by atoms with van der Waals surface area (Å²) in [7, 11) is 0. The van der Waals surface area contributed by atoms with Gasteiger partial charge in [0.15, 0.2) is 0 Å². The maximum absolute atomic E-state index is 11.5. The lowest BCUT2D eigenvalue weighted by Gasteiger charge is -2.04. The largest absolute Gasteiger partial charge is 0.307 e. The van der Waals surface area contributed by atoms with Crippen molar-refractivity contribution in [2.75, 3.05) is 0 Å². The molecule has 0 bridgehead atoms. The van der Waals surface area contributed by atoms with E-state index in [0.29, 0.717) is 11.3 Å². The SMILES string of the molecule is Cc1ccc(-c2cc(=O)[nH]c3ccnn23)cc1.Cc1ccc(-c2cc(=O)[nH]c3ccnn23)cc1. The normalized spacial score (nSPS) is 10.9. The van der Waals surface area contributed by atoms with Crippen LogP contribution in [0.1, 0.15) is 11.1 Å². The zero-order valence-electron chi connectivity index (χ0n) is 18.7. The van der Waals surface area contributed by atoms with Gasteiger partial charge in [-0.05, 0) is 13.8 Å². The molecule has 4 aromatic heterocycles. The summed E-state index contributed by atoms with van der Waals surface area (Å²) in [6.45, 7) is 4.07. The molecule has 0 atom stereocenters. The molecule has 6 aromatic rings. The topological polar surface area (TPSA) is 100 Å². The first-order chi connectivity index (χ1) is 16.5. The molecule has 0 aliphatic rings. The molecule has 0 aliphatic carbocycles. The van der Waals surface area contributed by atoms with Crippen molar-refractivity contribution in [2.24, 2.45) is 0 Å². The number of hydrogen-bond acceptors (Lipinski definition) is 4. The molecule has 34 heavy (non-hydrogen) atoms. The van der Waals surface area contributed by atoms with Crippen LogP contribution in [0.15, 0.2) is 94.8 Å². The molecule has 0 saturated carbocycles. The highest BCUT2D eigenvalue weighted by Gasteiger charge is 2.07. The van der Waals surface area contributed by atoms with Crippen molar-refractivity contribution in [1.82, 2.24) is 29.2 Å². The van der Waals surface area contributed by atoms with Crippen molar-refractivity contribution in [2.45, 2.75) is 13.8 Å². The van der Waals surface area contributed by atoms with E-state index in [9.17, 15) is 9.59 Å².